The highest BCUT2D eigenvalue weighted by Crippen LogP contribution is 2.24. The second kappa shape index (κ2) is 34.8. The Morgan fingerprint density at radius 1 is 0.635 bits per heavy atom. The van der Waals surface area contributed by atoms with E-state index in [1.165, 1.54) is 128 Å². The lowest BCUT2D eigenvalue weighted by Crippen LogP contribution is -2.34. The molecule has 0 fully saturated rings. The Bertz CT molecular complexity index is 1140. The maximum atomic E-state index is 6.37. The normalized spacial score (nSPS) is 12.5. The molecule has 0 aliphatic heterocycles. The fourth-order valence-corrected chi connectivity index (χ4v) is 6.67. The molecule has 1 unspecified atom stereocenters. The van der Waals surface area contributed by atoms with Gasteiger partial charge in [-0.3, -0.25) is 4.98 Å². The second-order valence-electron chi connectivity index (χ2n) is 14.7. The fraction of sp³-hybridized carbons (Fsp3) is 0.717. The molecule has 0 aliphatic rings. The van der Waals surface area contributed by atoms with Gasteiger partial charge in [-0.1, -0.05) is 127 Å². The van der Waals surface area contributed by atoms with E-state index in [0.29, 0.717) is 6.61 Å². The molecule has 1 atom stereocenters. The number of anilines is 1. The lowest BCUT2D eigenvalue weighted by atomic mass is 10.1. The lowest BCUT2D eigenvalue weighted by molar-refractivity contribution is -0.0175. The van der Waals surface area contributed by atoms with Crippen LogP contribution >= 0.6 is 11.6 Å². The summed E-state index contributed by atoms with van der Waals surface area (Å²) in [6.45, 7) is 9.66. The van der Waals surface area contributed by atoms with Gasteiger partial charge in [-0.25, -0.2) is 0 Å². The monoisotopic (exact) mass is 740 g/mol. The summed E-state index contributed by atoms with van der Waals surface area (Å²) >= 11 is 6.15. The average Bonchev–Trinajstić information content (AvgIpc) is 3.15. The number of pyridine rings is 1. The highest BCUT2D eigenvalue weighted by molar-refractivity contribution is 6.31. The molecule has 52 heavy (non-hydrogen) atoms. The number of nitrogens with zero attached hydrogens (tertiary/aromatic N) is 1. The maximum absolute atomic E-state index is 6.37. The number of allylic oxidation sites excluding steroid dienone is 4. The van der Waals surface area contributed by atoms with Crippen LogP contribution in [0.5, 0.6) is 0 Å². The van der Waals surface area contributed by atoms with E-state index in [1.807, 2.05) is 30.5 Å². The van der Waals surface area contributed by atoms with Gasteiger partial charge in [-0.05, 0) is 108 Å². The van der Waals surface area contributed by atoms with Gasteiger partial charge in [0.05, 0.1) is 18.2 Å². The Kier molecular flexibility index (Phi) is 31.0. The molecule has 0 saturated carbocycles. The van der Waals surface area contributed by atoms with Crippen molar-refractivity contribution in [1.82, 2.24) is 10.3 Å². The van der Waals surface area contributed by atoms with Crippen molar-refractivity contribution < 1.29 is 9.47 Å². The molecule has 0 aliphatic carbocycles. The minimum atomic E-state index is 0.118. The van der Waals surface area contributed by atoms with Crippen LogP contribution in [0, 0.1) is 0 Å². The minimum Gasteiger partial charge on any atom is -0.384 e. The van der Waals surface area contributed by atoms with Gasteiger partial charge in [0.2, 0.25) is 0 Å². The van der Waals surface area contributed by atoms with Gasteiger partial charge in [0.15, 0.2) is 0 Å². The zero-order valence-corrected chi connectivity index (χ0v) is 34.4. The van der Waals surface area contributed by atoms with Gasteiger partial charge in [-0.2, -0.15) is 0 Å². The predicted molar refractivity (Wildman–Crippen MR) is 229 cm³/mol. The number of benzene rings is 1. The number of nitrogens with one attached hydrogen (secondary N) is 2. The van der Waals surface area contributed by atoms with Crippen LogP contribution in [0.3, 0.4) is 0 Å². The van der Waals surface area contributed by atoms with Gasteiger partial charge in [0.1, 0.15) is 0 Å². The van der Waals surface area contributed by atoms with Crippen molar-refractivity contribution in [3.63, 3.8) is 0 Å². The average molecular weight is 741 g/mol. The van der Waals surface area contributed by atoms with Crippen LogP contribution in [0.15, 0.2) is 54.8 Å². The first kappa shape index (κ1) is 46.2. The Hall–Kier alpha value is -1.92. The van der Waals surface area contributed by atoms with Crippen LogP contribution < -0.4 is 10.6 Å². The van der Waals surface area contributed by atoms with Crippen molar-refractivity contribution in [3.8, 4) is 0 Å². The van der Waals surface area contributed by atoms with Crippen LogP contribution in [0.4, 0.5) is 5.69 Å². The molecule has 0 saturated heterocycles. The number of halogens is 1. The van der Waals surface area contributed by atoms with Gasteiger partial charge < -0.3 is 20.1 Å². The first-order valence-electron chi connectivity index (χ1n) is 21.7. The van der Waals surface area contributed by atoms with Crippen molar-refractivity contribution >= 4 is 28.2 Å². The molecule has 5 nitrogen and oxygen atoms in total. The molecule has 2 rings (SSSR count). The Morgan fingerprint density at radius 3 is 1.83 bits per heavy atom. The highest BCUT2D eigenvalue weighted by Gasteiger charge is 2.10. The number of rotatable bonds is 37. The van der Waals surface area contributed by atoms with Crippen molar-refractivity contribution in [2.45, 2.75) is 174 Å². The summed E-state index contributed by atoms with van der Waals surface area (Å²) in [5.41, 5.74) is 2.04. The fourth-order valence-electron chi connectivity index (χ4n) is 6.51. The first-order valence-corrected chi connectivity index (χ1v) is 22.1. The van der Waals surface area contributed by atoms with Gasteiger partial charge in [0, 0.05) is 48.6 Å². The quantitative estimate of drug-likeness (QED) is 0.0534. The Morgan fingerprint density at radius 2 is 1.19 bits per heavy atom. The number of hydrogen-bond donors (Lipinski definition) is 2. The maximum Gasteiger partial charge on any atom is 0.0932 e. The number of hydrogen-bond acceptors (Lipinski definition) is 5. The van der Waals surface area contributed by atoms with E-state index in [1.54, 1.807) is 0 Å². The van der Waals surface area contributed by atoms with E-state index in [2.05, 4.69) is 53.8 Å². The summed E-state index contributed by atoms with van der Waals surface area (Å²) in [4.78, 5) is 4.45. The second-order valence-corrected chi connectivity index (χ2v) is 15.1. The van der Waals surface area contributed by atoms with E-state index < -0.39 is 0 Å². The van der Waals surface area contributed by atoms with Gasteiger partial charge in [-0.15, -0.1) is 0 Å². The highest BCUT2D eigenvalue weighted by atomic mass is 35.5. The first-order chi connectivity index (χ1) is 25.7. The number of aromatic nitrogens is 1. The molecule has 1 aromatic heterocycles. The molecule has 1 aromatic carbocycles. The van der Waals surface area contributed by atoms with Crippen LogP contribution in [-0.2, 0) is 9.47 Å². The van der Waals surface area contributed by atoms with E-state index in [0.717, 1.165) is 80.1 Å². The van der Waals surface area contributed by atoms with Crippen LogP contribution in [0.25, 0.3) is 10.9 Å². The van der Waals surface area contributed by atoms with Crippen LogP contribution in [0.2, 0.25) is 5.02 Å². The molecule has 2 aromatic rings. The number of unbranched alkanes of at least 4 members (excludes halogenated alkanes) is 19. The van der Waals surface area contributed by atoms with E-state index in [4.69, 9.17) is 21.1 Å². The van der Waals surface area contributed by atoms with E-state index in [9.17, 15) is 0 Å². The molecule has 296 valence electrons. The summed E-state index contributed by atoms with van der Waals surface area (Å²) < 4.78 is 12.5. The molecule has 1 heterocycles. The molecule has 6 heteroatoms. The van der Waals surface area contributed by atoms with Crippen molar-refractivity contribution in [2.75, 3.05) is 44.8 Å². The Labute approximate surface area is 325 Å². The van der Waals surface area contributed by atoms with Crippen molar-refractivity contribution in [1.29, 1.82) is 0 Å². The standard InChI is InChI=1S/C46H78ClN3O2/c1-3-5-7-9-11-13-15-17-19-21-23-25-29-37-51-41-43(52-38-30-26-24-22-20-18-16-14-12-10-8-6-4-2)40-48-34-27-28-35-49-45-33-36-50-46-39-42(47)31-32-44(45)46/h11-14,31-33,36,39,43,48H,3-10,15-30,34-35,37-38,40-41H2,1-2H3,(H,49,50)/b13-11-,14-12-. The van der Waals surface area contributed by atoms with Crippen LogP contribution in [0.1, 0.15) is 168 Å². The smallest absolute Gasteiger partial charge is 0.0932 e. The summed E-state index contributed by atoms with van der Waals surface area (Å²) in [7, 11) is 0. The molecule has 0 amide bonds. The van der Waals surface area contributed by atoms with Crippen molar-refractivity contribution in [2.24, 2.45) is 0 Å². The lowest BCUT2D eigenvalue weighted by Gasteiger charge is -2.19. The van der Waals surface area contributed by atoms with E-state index in [-0.39, 0.29) is 6.10 Å². The summed E-state index contributed by atoms with van der Waals surface area (Å²) in [6, 6.07) is 7.93. The zero-order valence-electron chi connectivity index (χ0n) is 33.6. The summed E-state index contributed by atoms with van der Waals surface area (Å²) in [6.07, 6.45) is 42.3. The SMILES string of the molecule is CCCCC/C=C\CCCCCCCCOCC(CNCCCCNc1ccnc2cc(Cl)ccc12)OCCCCCCCC/C=C\CCCCC. The predicted octanol–water partition coefficient (Wildman–Crippen LogP) is 13.8. The van der Waals surface area contributed by atoms with Gasteiger partial charge >= 0.3 is 0 Å². The summed E-state index contributed by atoms with van der Waals surface area (Å²) in [5, 5.41) is 9.07. The molecule has 2 N–H and O–H groups in total. The third kappa shape index (κ3) is 26.0. The molecule has 0 bridgehead atoms. The molecular formula is C46H78ClN3O2. The minimum absolute atomic E-state index is 0.118. The summed E-state index contributed by atoms with van der Waals surface area (Å²) in [5.74, 6) is 0. The Balaban J connectivity index is 1.56. The van der Waals surface area contributed by atoms with E-state index >= 15 is 0 Å². The third-order valence-electron chi connectivity index (χ3n) is 9.79. The number of fused-ring (bicyclic) bond motifs is 1. The van der Waals surface area contributed by atoms with Gasteiger partial charge in [0.25, 0.3) is 0 Å². The van der Waals surface area contributed by atoms with Crippen LogP contribution in [-0.4, -0.2) is 50.5 Å². The molecule has 0 spiro atoms. The molecule has 0 radical (unpaired) electrons. The van der Waals surface area contributed by atoms with Crippen molar-refractivity contribution in [3.05, 3.63) is 59.8 Å². The largest absolute Gasteiger partial charge is 0.384 e. The zero-order chi connectivity index (χ0) is 37.0. The topological polar surface area (TPSA) is 55.4 Å². The molecular weight excluding hydrogens is 662 g/mol. The number of ether oxygens (including phenoxy) is 2. The third-order valence-corrected chi connectivity index (χ3v) is 10.0.